The minimum absolute atomic E-state index is 0.0455. The van der Waals surface area contributed by atoms with E-state index in [0.717, 1.165) is 0 Å². The van der Waals surface area contributed by atoms with E-state index in [0.29, 0.717) is 0 Å². The number of hydrogen-bond acceptors (Lipinski definition) is 1. The van der Waals surface area contributed by atoms with Gasteiger partial charge in [0.05, 0.1) is 19.9 Å². The lowest BCUT2D eigenvalue weighted by Crippen LogP contribution is -2.19. The zero-order valence-electron chi connectivity index (χ0n) is 8.56. The van der Waals surface area contributed by atoms with Crippen LogP contribution in [0.2, 0.25) is 19.6 Å². The Morgan fingerprint density at radius 1 is 1.09 bits per heavy atom. The smallest absolute Gasteiger partial charge is 0.0997 e. The Labute approximate surface area is 71.5 Å². The predicted molar refractivity (Wildman–Crippen MR) is 53.3 cm³/mol. The highest BCUT2D eigenvalue weighted by Gasteiger charge is 2.10. The van der Waals surface area contributed by atoms with Crippen LogP contribution in [-0.2, 0) is 4.74 Å². The quantitative estimate of drug-likeness (QED) is 0.459. The molecule has 0 heterocycles. The molecule has 1 nitrogen and oxygen atoms in total. The van der Waals surface area contributed by atoms with Gasteiger partial charge in [-0.2, -0.15) is 0 Å². The largest absolute Gasteiger partial charge is 0.496 e. The third-order valence-corrected chi connectivity index (χ3v) is 2.13. The zero-order valence-corrected chi connectivity index (χ0v) is 9.56. The van der Waals surface area contributed by atoms with Gasteiger partial charge in [0.25, 0.3) is 0 Å². The molecule has 0 N–H and O–H groups in total. The average molecular weight is 172 g/mol. The van der Waals surface area contributed by atoms with Crippen molar-refractivity contribution in [2.24, 2.45) is 0 Å². The highest BCUT2D eigenvalue weighted by Crippen LogP contribution is 2.09. The van der Waals surface area contributed by atoms with Crippen LogP contribution in [0.3, 0.4) is 0 Å². The van der Waals surface area contributed by atoms with Crippen molar-refractivity contribution >= 4 is 8.07 Å². The van der Waals surface area contributed by atoms with E-state index < -0.39 is 8.07 Å². The van der Waals surface area contributed by atoms with Crippen LogP contribution in [0.1, 0.15) is 20.8 Å². The summed E-state index contributed by atoms with van der Waals surface area (Å²) in [6.45, 7) is 13.0. The summed E-state index contributed by atoms with van der Waals surface area (Å²) >= 11 is 0. The van der Waals surface area contributed by atoms with Crippen LogP contribution in [0.15, 0.2) is 12.0 Å². The minimum atomic E-state index is -1.06. The van der Waals surface area contributed by atoms with Crippen molar-refractivity contribution in [1.82, 2.24) is 0 Å². The summed E-state index contributed by atoms with van der Waals surface area (Å²) in [5.41, 5.74) is 2.16. The minimum Gasteiger partial charge on any atom is -0.496 e. The highest BCUT2D eigenvalue weighted by atomic mass is 28.3. The van der Waals surface area contributed by atoms with Crippen LogP contribution in [0.5, 0.6) is 0 Å². The molecule has 0 radical (unpaired) electrons. The van der Waals surface area contributed by atoms with Crippen molar-refractivity contribution in [3.63, 3.8) is 0 Å². The molecule has 0 bridgehead atoms. The maximum absolute atomic E-state index is 5.46. The summed E-state index contributed by atoms with van der Waals surface area (Å²) in [5, 5.41) is 0. The lowest BCUT2D eigenvalue weighted by Gasteiger charge is -2.19. The van der Waals surface area contributed by atoms with E-state index in [1.165, 1.54) is 0 Å². The molecule has 0 saturated carbocycles. The van der Waals surface area contributed by atoms with Crippen molar-refractivity contribution in [3.8, 4) is 0 Å². The lowest BCUT2D eigenvalue weighted by atomic mass is 10.2. The van der Waals surface area contributed by atoms with Crippen LogP contribution in [0, 0.1) is 0 Å². The summed E-state index contributed by atoms with van der Waals surface area (Å²) in [7, 11) is -1.06. The third kappa shape index (κ3) is 9.76. The molecule has 0 aromatic heterocycles. The Morgan fingerprint density at radius 3 is 1.82 bits per heavy atom. The Kier molecular flexibility index (Phi) is 3.36. The first-order valence-electron chi connectivity index (χ1n) is 4.06. The summed E-state index contributed by atoms with van der Waals surface area (Å²) in [5.74, 6) is 0. The van der Waals surface area contributed by atoms with Gasteiger partial charge in [-0.25, -0.2) is 0 Å². The Bertz CT molecular complexity index is 137. The lowest BCUT2D eigenvalue weighted by molar-refractivity contribution is 0.0770. The molecular weight excluding hydrogens is 152 g/mol. The second-order valence-electron chi connectivity index (χ2n) is 4.90. The Hall–Kier alpha value is -0.243. The number of hydrogen-bond donors (Lipinski definition) is 0. The monoisotopic (exact) mass is 172 g/mol. The zero-order chi connectivity index (χ0) is 9.12. The molecule has 66 valence electrons. The van der Waals surface area contributed by atoms with Crippen LogP contribution in [0.4, 0.5) is 0 Å². The van der Waals surface area contributed by atoms with E-state index in [4.69, 9.17) is 4.74 Å². The van der Waals surface area contributed by atoms with Gasteiger partial charge in [-0.15, -0.1) is 0 Å². The summed E-state index contributed by atoms with van der Waals surface area (Å²) < 4.78 is 5.46. The molecule has 2 heteroatoms. The average Bonchev–Trinajstić information content (AvgIpc) is 1.55. The van der Waals surface area contributed by atoms with Crippen molar-refractivity contribution in [2.75, 3.05) is 0 Å². The van der Waals surface area contributed by atoms with E-state index in [-0.39, 0.29) is 5.60 Å². The van der Waals surface area contributed by atoms with E-state index in [9.17, 15) is 0 Å². The molecule has 0 aromatic rings. The Balaban J connectivity index is 3.80. The van der Waals surface area contributed by atoms with Gasteiger partial charge in [-0.1, -0.05) is 25.3 Å². The SMILES string of the molecule is CC(C)(C)O/C=C\[Si](C)(C)C. The van der Waals surface area contributed by atoms with Crippen molar-refractivity contribution < 1.29 is 4.74 Å². The maximum atomic E-state index is 5.46. The normalized spacial score (nSPS) is 14.0. The second-order valence-corrected chi connectivity index (χ2v) is 9.96. The van der Waals surface area contributed by atoms with Gasteiger partial charge >= 0.3 is 0 Å². The molecule has 0 aromatic carbocycles. The molecule has 0 saturated heterocycles. The molecular formula is C9H20OSi. The fourth-order valence-electron chi connectivity index (χ4n) is 0.442. The molecule has 0 fully saturated rings. The van der Waals surface area contributed by atoms with Gasteiger partial charge in [-0.05, 0) is 20.8 Å². The third-order valence-electron chi connectivity index (χ3n) is 0.990. The standard InChI is InChI=1S/C9H20OSi/c1-9(2,3)10-7-8-11(4,5)6/h7-8H,1-6H3/b8-7-. The van der Waals surface area contributed by atoms with Crippen LogP contribution >= 0.6 is 0 Å². The number of rotatable bonds is 2. The highest BCUT2D eigenvalue weighted by molar-refractivity contribution is 6.80. The van der Waals surface area contributed by atoms with Gasteiger partial charge < -0.3 is 4.74 Å². The first-order valence-corrected chi connectivity index (χ1v) is 7.64. The maximum Gasteiger partial charge on any atom is 0.0997 e. The molecule has 0 unspecified atom stereocenters. The first kappa shape index (κ1) is 10.8. The van der Waals surface area contributed by atoms with Gasteiger partial charge in [0.1, 0.15) is 0 Å². The van der Waals surface area contributed by atoms with Gasteiger partial charge in [0.15, 0.2) is 0 Å². The predicted octanol–water partition coefficient (Wildman–Crippen LogP) is 3.19. The molecule has 0 rings (SSSR count). The molecule has 0 aliphatic heterocycles. The van der Waals surface area contributed by atoms with Gasteiger partial charge in [0.2, 0.25) is 0 Å². The fourth-order valence-corrected chi connectivity index (χ4v) is 0.919. The summed E-state index contributed by atoms with van der Waals surface area (Å²) in [6, 6.07) is 0. The molecule has 0 spiro atoms. The topological polar surface area (TPSA) is 9.23 Å². The fraction of sp³-hybridized carbons (Fsp3) is 0.778. The Morgan fingerprint density at radius 2 is 1.55 bits per heavy atom. The van der Waals surface area contributed by atoms with E-state index in [1.54, 1.807) is 0 Å². The van der Waals surface area contributed by atoms with Crippen LogP contribution < -0.4 is 0 Å². The summed E-state index contributed by atoms with van der Waals surface area (Å²) in [6.07, 6.45) is 1.85. The molecule has 0 atom stereocenters. The van der Waals surface area contributed by atoms with Gasteiger partial charge in [-0.3, -0.25) is 0 Å². The summed E-state index contributed by atoms with van der Waals surface area (Å²) in [4.78, 5) is 0. The number of ether oxygens (including phenoxy) is 1. The van der Waals surface area contributed by atoms with E-state index in [2.05, 4.69) is 46.1 Å². The van der Waals surface area contributed by atoms with Crippen LogP contribution in [-0.4, -0.2) is 13.7 Å². The molecule has 0 amide bonds. The van der Waals surface area contributed by atoms with Crippen molar-refractivity contribution in [1.29, 1.82) is 0 Å². The van der Waals surface area contributed by atoms with Gasteiger partial charge in [0, 0.05) is 0 Å². The first-order chi connectivity index (χ1) is 4.71. The van der Waals surface area contributed by atoms with E-state index >= 15 is 0 Å². The van der Waals surface area contributed by atoms with E-state index in [1.807, 2.05) is 6.26 Å². The molecule has 11 heavy (non-hydrogen) atoms. The molecule has 0 aliphatic carbocycles. The second kappa shape index (κ2) is 3.44. The van der Waals surface area contributed by atoms with Crippen molar-refractivity contribution in [2.45, 2.75) is 46.0 Å². The van der Waals surface area contributed by atoms with Crippen LogP contribution in [0.25, 0.3) is 0 Å². The molecule has 0 aliphatic rings. The van der Waals surface area contributed by atoms with Crippen molar-refractivity contribution in [3.05, 3.63) is 12.0 Å².